The number of hydrogen-bond acceptors (Lipinski definition) is 2. The summed E-state index contributed by atoms with van der Waals surface area (Å²) in [5.74, 6) is 0.684. The fraction of sp³-hybridized carbons (Fsp3) is 0.214. The van der Waals surface area contributed by atoms with Crippen LogP contribution in [0.1, 0.15) is 12.0 Å². The van der Waals surface area contributed by atoms with Gasteiger partial charge in [0.1, 0.15) is 5.75 Å². The Morgan fingerprint density at radius 1 is 0.829 bits per heavy atom. The maximum absolute atomic E-state index is 14.0. The Balaban J connectivity index is 1.81. The highest BCUT2D eigenvalue weighted by Gasteiger charge is 2.34. The molecule has 182 valence electrons. The Morgan fingerprint density at radius 2 is 1.51 bits per heavy atom. The summed E-state index contributed by atoms with van der Waals surface area (Å²) in [6.45, 7) is 1.47. The minimum absolute atomic E-state index is 0.0789. The monoisotopic (exact) mass is 542 g/mol. The number of rotatable bonds is 8. The van der Waals surface area contributed by atoms with Gasteiger partial charge < -0.3 is 14.2 Å². The molecule has 0 fully saturated rings. The van der Waals surface area contributed by atoms with E-state index in [-0.39, 0.29) is 5.69 Å². The van der Waals surface area contributed by atoms with Crippen molar-refractivity contribution in [3.05, 3.63) is 95.0 Å². The van der Waals surface area contributed by atoms with Crippen LogP contribution in [0, 0.1) is 0 Å². The van der Waals surface area contributed by atoms with Gasteiger partial charge >= 0.3 is 6.18 Å². The fourth-order valence-corrected chi connectivity index (χ4v) is 4.26. The van der Waals surface area contributed by atoms with Crippen LogP contribution >= 0.6 is 15.9 Å². The van der Waals surface area contributed by atoms with E-state index in [4.69, 9.17) is 4.74 Å². The normalized spacial score (nSPS) is 11.7. The zero-order valence-corrected chi connectivity index (χ0v) is 21.1. The van der Waals surface area contributed by atoms with E-state index in [0.29, 0.717) is 23.7 Å². The van der Waals surface area contributed by atoms with Crippen molar-refractivity contribution in [2.24, 2.45) is 0 Å². The van der Waals surface area contributed by atoms with Crippen LogP contribution in [0.15, 0.2) is 89.4 Å². The first-order chi connectivity index (χ1) is 16.7. The van der Waals surface area contributed by atoms with Gasteiger partial charge in [0.05, 0.1) is 29.2 Å². The molecule has 0 saturated heterocycles. The van der Waals surface area contributed by atoms with Crippen molar-refractivity contribution in [2.75, 3.05) is 27.2 Å². The Labute approximate surface area is 211 Å². The summed E-state index contributed by atoms with van der Waals surface area (Å²) in [5, 5.41) is 0. The summed E-state index contributed by atoms with van der Waals surface area (Å²) in [6, 6.07) is 24.4. The molecule has 35 heavy (non-hydrogen) atoms. The van der Waals surface area contributed by atoms with E-state index in [1.807, 2.05) is 74.8 Å². The molecule has 1 heterocycles. The first-order valence-electron chi connectivity index (χ1n) is 11.3. The number of para-hydroxylation sites is 1. The first-order valence-corrected chi connectivity index (χ1v) is 12.1. The lowest BCUT2D eigenvalue weighted by atomic mass is 10.1. The second-order valence-corrected chi connectivity index (χ2v) is 9.41. The molecule has 0 radical (unpaired) electrons. The van der Waals surface area contributed by atoms with E-state index >= 15 is 0 Å². The third-order valence-electron chi connectivity index (χ3n) is 5.62. The molecule has 3 aromatic carbocycles. The molecule has 0 aliphatic heterocycles. The third kappa shape index (κ3) is 5.97. The lowest BCUT2D eigenvalue weighted by Crippen LogP contribution is -2.15. The molecular weight excluding hydrogens is 517 g/mol. The first kappa shape index (κ1) is 25.1. The average molecular weight is 543 g/mol. The van der Waals surface area contributed by atoms with Gasteiger partial charge in [-0.15, -0.1) is 0 Å². The highest BCUT2D eigenvalue weighted by molar-refractivity contribution is 9.10. The molecule has 4 aromatic rings. The molecular formula is C28H26BrF3N2O. The van der Waals surface area contributed by atoms with Crippen molar-refractivity contribution in [3.63, 3.8) is 0 Å². The van der Waals surface area contributed by atoms with Gasteiger partial charge in [-0.05, 0) is 74.6 Å². The van der Waals surface area contributed by atoms with Gasteiger partial charge in [-0.25, -0.2) is 0 Å². The topological polar surface area (TPSA) is 17.4 Å². The molecule has 0 saturated carbocycles. The third-order valence-corrected chi connectivity index (χ3v) is 6.15. The van der Waals surface area contributed by atoms with Crippen molar-refractivity contribution < 1.29 is 17.9 Å². The molecule has 4 rings (SSSR count). The Kier molecular flexibility index (Phi) is 7.67. The molecule has 1 aromatic heterocycles. The Hall–Kier alpha value is -3.03. The Bertz CT molecular complexity index is 1280. The SMILES string of the molecule is CN(C)CCCOc1cccc(-c2ccc(-c3ccc(Br)cc3)n2-c2ccccc2C(F)(F)F)c1. The number of ether oxygens (including phenoxy) is 1. The van der Waals surface area contributed by atoms with Gasteiger partial charge in [0, 0.05) is 16.6 Å². The zero-order valence-electron chi connectivity index (χ0n) is 19.5. The van der Waals surface area contributed by atoms with Gasteiger partial charge in [0.15, 0.2) is 0 Å². The van der Waals surface area contributed by atoms with E-state index in [1.165, 1.54) is 12.1 Å². The highest BCUT2D eigenvalue weighted by atomic mass is 79.9. The second-order valence-electron chi connectivity index (χ2n) is 8.49. The van der Waals surface area contributed by atoms with E-state index < -0.39 is 11.7 Å². The Morgan fingerprint density at radius 3 is 2.20 bits per heavy atom. The van der Waals surface area contributed by atoms with Crippen molar-refractivity contribution in [1.82, 2.24) is 9.47 Å². The maximum Gasteiger partial charge on any atom is 0.418 e. The van der Waals surface area contributed by atoms with E-state index in [9.17, 15) is 13.2 Å². The van der Waals surface area contributed by atoms with Crippen LogP contribution in [0.2, 0.25) is 0 Å². The fourth-order valence-electron chi connectivity index (χ4n) is 3.99. The largest absolute Gasteiger partial charge is 0.494 e. The lowest BCUT2D eigenvalue weighted by Gasteiger charge is -2.19. The summed E-state index contributed by atoms with van der Waals surface area (Å²) < 4.78 is 50.5. The predicted octanol–water partition coefficient (Wildman–Crippen LogP) is 7.92. The molecule has 0 N–H and O–H groups in total. The van der Waals surface area contributed by atoms with Crippen molar-refractivity contribution >= 4 is 15.9 Å². The second kappa shape index (κ2) is 10.7. The molecule has 0 bridgehead atoms. The highest BCUT2D eigenvalue weighted by Crippen LogP contribution is 2.39. The van der Waals surface area contributed by atoms with Crippen LogP contribution in [0.25, 0.3) is 28.2 Å². The van der Waals surface area contributed by atoms with Crippen LogP contribution in [-0.4, -0.2) is 36.7 Å². The van der Waals surface area contributed by atoms with Gasteiger partial charge in [-0.2, -0.15) is 13.2 Å². The van der Waals surface area contributed by atoms with E-state index in [2.05, 4.69) is 20.8 Å². The number of alkyl halides is 3. The minimum atomic E-state index is -4.49. The van der Waals surface area contributed by atoms with Crippen LogP contribution in [-0.2, 0) is 6.18 Å². The average Bonchev–Trinajstić information content (AvgIpc) is 3.27. The van der Waals surface area contributed by atoms with Crippen molar-refractivity contribution in [1.29, 1.82) is 0 Å². The van der Waals surface area contributed by atoms with Crippen LogP contribution in [0.4, 0.5) is 13.2 Å². The number of hydrogen-bond donors (Lipinski definition) is 0. The van der Waals surface area contributed by atoms with E-state index in [1.54, 1.807) is 10.6 Å². The van der Waals surface area contributed by atoms with E-state index in [0.717, 1.165) is 34.6 Å². The van der Waals surface area contributed by atoms with Crippen molar-refractivity contribution in [2.45, 2.75) is 12.6 Å². The van der Waals surface area contributed by atoms with Gasteiger partial charge in [0.25, 0.3) is 0 Å². The summed E-state index contributed by atoms with van der Waals surface area (Å²) in [4.78, 5) is 2.09. The van der Waals surface area contributed by atoms with Gasteiger partial charge in [0.2, 0.25) is 0 Å². The molecule has 0 atom stereocenters. The van der Waals surface area contributed by atoms with Crippen molar-refractivity contribution in [3.8, 4) is 34.0 Å². The molecule has 0 aliphatic rings. The van der Waals surface area contributed by atoms with Crippen LogP contribution < -0.4 is 4.74 Å². The predicted molar refractivity (Wildman–Crippen MR) is 138 cm³/mol. The molecule has 0 unspecified atom stereocenters. The summed E-state index contributed by atoms with van der Waals surface area (Å²) in [7, 11) is 4.02. The maximum atomic E-state index is 14.0. The summed E-state index contributed by atoms with van der Waals surface area (Å²) in [6.07, 6.45) is -3.62. The molecule has 3 nitrogen and oxygen atoms in total. The summed E-state index contributed by atoms with van der Waals surface area (Å²) >= 11 is 3.43. The van der Waals surface area contributed by atoms with Crippen LogP contribution in [0.5, 0.6) is 5.75 Å². The lowest BCUT2D eigenvalue weighted by molar-refractivity contribution is -0.137. The number of aromatic nitrogens is 1. The molecule has 0 aliphatic carbocycles. The van der Waals surface area contributed by atoms with Crippen LogP contribution in [0.3, 0.4) is 0 Å². The molecule has 7 heteroatoms. The van der Waals surface area contributed by atoms with Gasteiger partial charge in [-0.1, -0.05) is 52.3 Å². The quantitative estimate of drug-likeness (QED) is 0.210. The molecule has 0 amide bonds. The number of benzene rings is 3. The smallest absolute Gasteiger partial charge is 0.418 e. The molecule has 0 spiro atoms. The standard InChI is InChI=1S/C28H26BrF3N2O/c1-33(2)17-6-18-35-23-8-5-7-21(19-23)26-16-15-25(20-11-13-22(29)14-12-20)34(26)27-10-4-3-9-24(27)28(30,31)32/h3-5,7-16,19H,6,17-18H2,1-2H3. The number of halogens is 4. The minimum Gasteiger partial charge on any atom is -0.494 e. The summed E-state index contributed by atoms with van der Waals surface area (Å²) in [5.41, 5.74) is 2.30. The van der Waals surface area contributed by atoms with Gasteiger partial charge in [-0.3, -0.25) is 0 Å². The number of nitrogens with zero attached hydrogens (tertiary/aromatic N) is 2. The zero-order chi connectivity index (χ0) is 25.0.